The van der Waals surface area contributed by atoms with Crippen molar-refractivity contribution in [2.24, 2.45) is 0 Å². The van der Waals surface area contributed by atoms with Gasteiger partial charge in [-0.3, -0.25) is 9.69 Å². The average molecular weight is 262 g/mol. The summed E-state index contributed by atoms with van der Waals surface area (Å²) in [5, 5.41) is 6.20. The molecule has 19 heavy (non-hydrogen) atoms. The number of pyridine rings is 1. The summed E-state index contributed by atoms with van der Waals surface area (Å²) >= 11 is 0. The van der Waals surface area contributed by atoms with Gasteiger partial charge in [-0.15, -0.1) is 0 Å². The predicted molar refractivity (Wildman–Crippen MR) is 75.9 cm³/mol. The highest BCUT2D eigenvalue weighted by Crippen LogP contribution is 2.13. The third-order valence-electron chi connectivity index (χ3n) is 3.23. The largest absolute Gasteiger partial charge is 0.370 e. The summed E-state index contributed by atoms with van der Waals surface area (Å²) in [5.41, 5.74) is 1.07. The molecule has 1 atom stereocenters. The first kappa shape index (κ1) is 13.8. The van der Waals surface area contributed by atoms with Crippen LogP contribution in [0.3, 0.4) is 0 Å². The van der Waals surface area contributed by atoms with E-state index in [1.807, 2.05) is 18.2 Å². The molecule has 0 saturated carbocycles. The molecule has 5 nitrogen and oxygen atoms in total. The third kappa shape index (κ3) is 4.21. The zero-order valence-corrected chi connectivity index (χ0v) is 11.6. The Bertz CT molecular complexity index is 435. The van der Waals surface area contributed by atoms with E-state index in [4.69, 9.17) is 0 Å². The predicted octanol–water partition coefficient (Wildman–Crippen LogP) is 1.22. The zero-order chi connectivity index (χ0) is 13.7. The highest BCUT2D eigenvalue weighted by Gasteiger charge is 2.23. The minimum Gasteiger partial charge on any atom is -0.370 e. The van der Waals surface area contributed by atoms with Crippen LogP contribution in [-0.4, -0.2) is 41.5 Å². The number of amides is 1. The molecule has 2 N–H and O–H groups in total. The molecular weight excluding hydrogens is 240 g/mol. The second kappa shape index (κ2) is 6.52. The minimum atomic E-state index is 0.0547. The molecule has 2 rings (SSSR count). The Balaban J connectivity index is 1.88. The van der Waals surface area contributed by atoms with Gasteiger partial charge in [0.05, 0.1) is 5.69 Å². The van der Waals surface area contributed by atoms with E-state index < -0.39 is 0 Å². The molecule has 1 aliphatic heterocycles. The van der Waals surface area contributed by atoms with Crippen molar-refractivity contribution >= 4 is 11.7 Å². The van der Waals surface area contributed by atoms with Crippen LogP contribution in [-0.2, 0) is 11.3 Å². The van der Waals surface area contributed by atoms with Crippen LogP contribution in [0.5, 0.6) is 0 Å². The van der Waals surface area contributed by atoms with E-state index in [9.17, 15) is 4.79 Å². The Hall–Kier alpha value is -1.62. The van der Waals surface area contributed by atoms with E-state index >= 15 is 0 Å². The molecule has 5 heteroatoms. The molecule has 1 aliphatic rings. The summed E-state index contributed by atoms with van der Waals surface area (Å²) in [4.78, 5) is 17.9. The molecule has 0 radical (unpaired) electrons. The molecule has 1 saturated heterocycles. The minimum absolute atomic E-state index is 0.0547. The van der Waals surface area contributed by atoms with Gasteiger partial charge < -0.3 is 10.6 Å². The first-order valence-corrected chi connectivity index (χ1v) is 6.86. The standard InChI is InChI=1S/C14H22N4O/c1-3-15-14-6-4-5-12(17-14)9-18-8-7-13(10-18)16-11(2)19/h4-6,13H,3,7-10H2,1-2H3,(H,15,17)(H,16,19). The van der Waals surface area contributed by atoms with Crippen LogP contribution in [0.1, 0.15) is 26.0 Å². The van der Waals surface area contributed by atoms with Crippen molar-refractivity contribution in [3.8, 4) is 0 Å². The van der Waals surface area contributed by atoms with Gasteiger partial charge in [0.25, 0.3) is 0 Å². The second-order valence-corrected chi connectivity index (χ2v) is 4.97. The van der Waals surface area contributed by atoms with Crippen molar-refractivity contribution in [2.75, 3.05) is 25.0 Å². The van der Waals surface area contributed by atoms with Crippen LogP contribution >= 0.6 is 0 Å². The Morgan fingerprint density at radius 3 is 3.11 bits per heavy atom. The van der Waals surface area contributed by atoms with Crippen molar-refractivity contribution in [1.82, 2.24) is 15.2 Å². The fraction of sp³-hybridized carbons (Fsp3) is 0.571. The molecule has 1 fully saturated rings. The third-order valence-corrected chi connectivity index (χ3v) is 3.23. The van der Waals surface area contributed by atoms with E-state index in [1.54, 1.807) is 6.92 Å². The Kier molecular flexibility index (Phi) is 4.74. The number of rotatable bonds is 5. The normalized spacial score (nSPS) is 19.4. The number of hydrogen-bond acceptors (Lipinski definition) is 4. The van der Waals surface area contributed by atoms with Crippen molar-refractivity contribution < 1.29 is 4.79 Å². The summed E-state index contributed by atoms with van der Waals surface area (Å²) in [6, 6.07) is 6.35. The maximum Gasteiger partial charge on any atom is 0.217 e. The zero-order valence-electron chi connectivity index (χ0n) is 11.6. The number of nitrogens with one attached hydrogen (secondary N) is 2. The fourth-order valence-corrected chi connectivity index (χ4v) is 2.46. The number of hydrogen-bond donors (Lipinski definition) is 2. The van der Waals surface area contributed by atoms with E-state index in [0.29, 0.717) is 0 Å². The highest BCUT2D eigenvalue weighted by molar-refractivity contribution is 5.73. The number of anilines is 1. The van der Waals surface area contributed by atoms with Gasteiger partial charge in [0.2, 0.25) is 5.91 Å². The van der Waals surface area contributed by atoms with E-state index in [-0.39, 0.29) is 11.9 Å². The summed E-state index contributed by atoms with van der Waals surface area (Å²) in [7, 11) is 0. The lowest BCUT2D eigenvalue weighted by atomic mass is 10.2. The molecule has 0 spiro atoms. The number of carbonyl (C=O) groups excluding carboxylic acids is 1. The van der Waals surface area contributed by atoms with Crippen molar-refractivity contribution in [3.63, 3.8) is 0 Å². The maximum absolute atomic E-state index is 11.0. The van der Waals surface area contributed by atoms with Gasteiger partial charge in [0.15, 0.2) is 0 Å². The van der Waals surface area contributed by atoms with Gasteiger partial charge in [0, 0.05) is 39.1 Å². The van der Waals surface area contributed by atoms with Gasteiger partial charge in [-0.05, 0) is 25.5 Å². The lowest BCUT2D eigenvalue weighted by Crippen LogP contribution is -2.35. The van der Waals surface area contributed by atoms with Gasteiger partial charge in [-0.1, -0.05) is 6.07 Å². The van der Waals surface area contributed by atoms with Crippen molar-refractivity contribution in [3.05, 3.63) is 23.9 Å². The lowest BCUT2D eigenvalue weighted by Gasteiger charge is -2.16. The van der Waals surface area contributed by atoms with Crippen molar-refractivity contribution in [2.45, 2.75) is 32.9 Å². The Morgan fingerprint density at radius 1 is 1.53 bits per heavy atom. The van der Waals surface area contributed by atoms with Gasteiger partial charge in [-0.25, -0.2) is 4.98 Å². The number of nitrogens with zero attached hydrogens (tertiary/aromatic N) is 2. The average Bonchev–Trinajstić information content (AvgIpc) is 2.76. The quantitative estimate of drug-likeness (QED) is 0.838. The fourth-order valence-electron chi connectivity index (χ4n) is 2.46. The molecule has 1 aromatic heterocycles. The molecule has 1 aromatic rings. The first-order chi connectivity index (χ1) is 9.17. The number of carbonyl (C=O) groups is 1. The summed E-state index contributed by atoms with van der Waals surface area (Å²) in [6.45, 7) is 7.28. The number of likely N-dealkylation sites (tertiary alicyclic amines) is 1. The van der Waals surface area contributed by atoms with Crippen LogP contribution in [0.2, 0.25) is 0 Å². The van der Waals surface area contributed by atoms with Crippen LogP contribution < -0.4 is 10.6 Å². The molecule has 2 heterocycles. The first-order valence-electron chi connectivity index (χ1n) is 6.86. The second-order valence-electron chi connectivity index (χ2n) is 4.97. The van der Waals surface area contributed by atoms with Crippen LogP contribution in [0.15, 0.2) is 18.2 Å². The summed E-state index contributed by atoms with van der Waals surface area (Å²) < 4.78 is 0. The lowest BCUT2D eigenvalue weighted by molar-refractivity contribution is -0.119. The summed E-state index contributed by atoms with van der Waals surface area (Å²) in [6.07, 6.45) is 1.02. The molecule has 1 unspecified atom stereocenters. The maximum atomic E-state index is 11.0. The molecule has 0 bridgehead atoms. The van der Waals surface area contributed by atoms with Gasteiger partial charge in [-0.2, -0.15) is 0 Å². The molecule has 0 aliphatic carbocycles. The SMILES string of the molecule is CCNc1cccc(CN2CCC(NC(C)=O)C2)n1. The van der Waals surface area contributed by atoms with Crippen LogP contribution in [0, 0.1) is 0 Å². The Morgan fingerprint density at radius 2 is 2.37 bits per heavy atom. The molecule has 1 amide bonds. The van der Waals surface area contributed by atoms with E-state index in [2.05, 4.69) is 27.4 Å². The Labute approximate surface area is 114 Å². The highest BCUT2D eigenvalue weighted by atomic mass is 16.1. The topological polar surface area (TPSA) is 57.3 Å². The van der Waals surface area contributed by atoms with E-state index in [1.165, 1.54) is 0 Å². The monoisotopic (exact) mass is 262 g/mol. The van der Waals surface area contributed by atoms with Crippen LogP contribution in [0.25, 0.3) is 0 Å². The number of aromatic nitrogens is 1. The van der Waals surface area contributed by atoms with Gasteiger partial charge in [0.1, 0.15) is 5.82 Å². The molecule has 0 aromatic carbocycles. The van der Waals surface area contributed by atoms with Gasteiger partial charge >= 0.3 is 0 Å². The van der Waals surface area contributed by atoms with E-state index in [0.717, 1.165) is 44.1 Å². The smallest absolute Gasteiger partial charge is 0.217 e. The molecular formula is C14H22N4O. The summed E-state index contributed by atoms with van der Waals surface area (Å²) in [5.74, 6) is 0.983. The van der Waals surface area contributed by atoms with Crippen LogP contribution in [0.4, 0.5) is 5.82 Å². The molecule has 104 valence electrons. The van der Waals surface area contributed by atoms with Crippen molar-refractivity contribution in [1.29, 1.82) is 0 Å².